The van der Waals surface area contributed by atoms with Gasteiger partial charge in [0.05, 0.1) is 33.9 Å². The van der Waals surface area contributed by atoms with Crippen LogP contribution in [-0.4, -0.2) is 21.5 Å². The monoisotopic (exact) mass is 344 g/mol. The van der Waals surface area contributed by atoms with Gasteiger partial charge in [-0.1, -0.05) is 19.1 Å². The van der Waals surface area contributed by atoms with Crippen molar-refractivity contribution in [3.63, 3.8) is 0 Å². The molecule has 130 valence electrons. The smallest absolute Gasteiger partial charge is 0.127 e. The maximum absolute atomic E-state index is 10.4. The van der Waals surface area contributed by atoms with Crippen LogP contribution in [0.4, 0.5) is 5.69 Å². The lowest BCUT2D eigenvalue weighted by Gasteiger charge is -2.13. The number of pyridine rings is 1. The minimum atomic E-state index is 0.152. The molecule has 26 heavy (non-hydrogen) atoms. The van der Waals surface area contributed by atoms with Crippen LogP contribution in [0.3, 0.4) is 0 Å². The van der Waals surface area contributed by atoms with E-state index in [-0.39, 0.29) is 5.75 Å². The Hall–Kier alpha value is -3.10. The quantitative estimate of drug-likeness (QED) is 0.755. The highest BCUT2D eigenvalue weighted by Crippen LogP contribution is 2.40. The number of hydrogen-bond acceptors (Lipinski definition) is 5. The van der Waals surface area contributed by atoms with E-state index in [4.69, 9.17) is 16.0 Å². The van der Waals surface area contributed by atoms with E-state index in [1.807, 2.05) is 18.2 Å². The van der Waals surface area contributed by atoms with Crippen LogP contribution in [0.5, 0.6) is 5.75 Å². The molecule has 3 aromatic rings. The van der Waals surface area contributed by atoms with Gasteiger partial charge in [0, 0.05) is 24.2 Å². The van der Waals surface area contributed by atoms with Gasteiger partial charge in [-0.25, -0.2) is 0 Å². The summed E-state index contributed by atoms with van der Waals surface area (Å²) in [6.45, 7) is 4.72. The van der Waals surface area contributed by atoms with E-state index in [9.17, 15) is 5.11 Å². The van der Waals surface area contributed by atoms with E-state index in [1.165, 1.54) is 0 Å². The third-order valence-corrected chi connectivity index (χ3v) is 4.97. The summed E-state index contributed by atoms with van der Waals surface area (Å²) in [6, 6.07) is 13.0. The van der Waals surface area contributed by atoms with Crippen LogP contribution in [0.1, 0.15) is 30.2 Å². The van der Waals surface area contributed by atoms with Gasteiger partial charge in [0.1, 0.15) is 5.75 Å². The lowest BCUT2D eigenvalue weighted by molar-refractivity contribution is 0.283. The van der Waals surface area contributed by atoms with Gasteiger partial charge in [-0.2, -0.15) is 5.26 Å². The van der Waals surface area contributed by atoms with Gasteiger partial charge >= 0.3 is 0 Å². The number of nitriles is 1. The number of benzene rings is 2. The molecule has 1 aliphatic heterocycles. The number of aromatic hydroxyl groups is 1. The van der Waals surface area contributed by atoms with E-state index < -0.39 is 0 Å². The minimum absolute atomic E-state index is 0.152. The molecule has 4 rings (SSSR count). The Morgan fingerprint density at radius 1 is 1.19 bits per heavy atom. The number of phenols is 1. The van der Waals surface area contributed by atoms with Gasteiger partial charge in [0.25, 0.3) is 0 Å². The van der Waals surface area contributed by atoms with Crippen molar-refractivity contribution in [2.75, 3.05) is 12.3 Å². The highest BCUT2D eigenvalue weighted by atomic mass is 16.3. The number of nitrogens with zero attached hydrogens (tertiary/aromatic N) is 3. The number of fused-ring (bicyclic) bond motifs is 2. The van der Waals surface area contributed by atoms with E-state index in [2.05, 4.69) is 17.9 Å². The Kier molecular flexibility index (Phi) is 3.98. The van der Waals surface area contributed by atoms with Gasteiger partial charge in [-0.15, -0.1) is 0 Å². The summed E-state index contributed by atoms with van der Waals surface area (Å²) in [4.78, 5) is 7.21. The van der Waals surface area contributed by atoms with Crippen molar-refractivity contribution in [1.29, 1.82) is 5.26 Å². The Balaban J connectivity index is 1.91. The molecule has 0 unspecified atom stereocenters. The molecular formula is C21H20N4O. The van der Waals surface area contributed by atoms with Gasteiger partial charge in [-0.3, -0.25) is 9.88 Å². The molecule has 0 fully saturated rings. The number of nitrogen functional groups attached to an aromatic ring is 1. The first-order valence-corrected chi connectivity index (χ1v) is 8.78. The lowest BCUT2D eigenvalue weighted by Crippen LogP contribution is -2.16. The van der Waals surface area contributed by atoms with Crippen molar-refractivity contribution >= 4 is 16.6 Å². The Labute approximate surface area is 152 Å². The fraction of sp³-hybridized carbons (Fsp3) is 0.238. The second kappa shape index (κ2) is 6.32. The van der Waals surface area contributed by atoms with Gasteiger partial charge < -0.3 is 10.8 Å². The zero-order valence-corrected chi connectivity index (χ0v) is 14.7. The molecule has 0 saturated heterocycles. The highest BCUT2D eigenvalue weighted by Gasteiger charge is 2.25. The maximum atomic E-state index is 10.4. The van der Waals surface area contributed by atoms with Gasteiger partial charge in [0.15, 0.2) is 0 Å². The second-order valence-electron chi connectivity index (χ2n) is 6.71. The van der Waals surface area contributed by atoms with E-state index in [0.29, 0.717) is 22.2 Å². The molecule has 0 atom stereocenters. The summed E-state index contributed by atoms with van der Waals surface area (Å²) in [5.41, 5.74) is 12.3. The van der Waals surface area contributed by atoms with Crippen molar-refractivity contribution in [3.8, 4) is 22.9 Å². The molecule has 5 nitrogen and oxygen atoms in total. The predicted octanol–water partition coefficient (Wildman–Crippen LogP) is 3.79. The normalized spacial score (nSPS) is 13.7. The molecule has 3 N–H and O–H groups in total. The summed E-state index contributed by atoms with van der Waals surface area (Å²) in [7, 11) is 0. The molecule has 0 saturated carbocycles. The van der Waals surface area contributed by atoms with E-state index in [0.717, 1.165) is 48.4 Å². The fourth-order valence-corrected chi connectivity index (χ4v) is 3.70. The Morgan fingerprint density at radius 3 is 2.65 bits per heavy atom. The third-order valence-electron chi connectivity index (χ3n) is 4.97. The lowest BCUT2D eigenvalue weighted by atomic mass is 9.98. The zero-order chi connectivity index (χ0) is 18.3. The van der Waals surface area contributed by atoms with Crippen LogP contribution < -0.4 is 5.73 Å². The standard InChI is InChI=1S/C21H20N4O/c1-2-9-25-11-16-17(12-25)24-21-15(7-8-18(26)19(21)20(16)23)14-5-3-13(10-22)4-6-14/h3-8,26H,2,9,11-12H2,1H3,(H2,23,24). The minimum Gasteiger partial charge on any atom is -0.507 e. The summed E-state index contributed by atoms with van der Waals surface area (Å²) >= 11 is 0. The molecule has 0 amide bonds. The Morgan fingerprint density at radius 2 is 1.96 bits per heavy atom. The third kappa shape index (κ3) is 2.56. The first-order chi connectivity index (χ1) is 12.6. The van der Waals surface area contributed by atoms with Crippen molar-refractivity contribution in [2.45, 2.75) is 26.4 Å². The van der Waals surface area contributed by atoms with Crippen LogP contribution >= 0.6 is 0 Å². The summed E-state index contributed by atoms with van der Waals surface area (Å²) < 4.78 is 0. The van der Waals surface area contributed by atoms with Crippen molar-refractivity contribution in [2.24, 2.45) is 0 Å². The van der Waals surface area contributed by atoms with Crippen LogP contribution in [0, 0.1) is 11.3 Å². The molecule has 1 aromatic heterocycles. The highest BCUT2D eigenvalue weighted by molar-refractivity contribution is 6.04. The molecule has 2 heterocycles. The van der Waals surface area contributed by atoms with Crippen molar-refractivity contribution in [1.82, 2.24) is 9.88 Å². The largest absolute Gasteiger partial charge is 0.507 e. The van der Waals surface area contributed by atoms with Gasteiger partial charge in [0.2, 0.25) is 0 Å². The summed E-state index contributed by atoms with van der Waals surface area (Å²) in [6.07, 6.45) is 1.08. The first-order valence-electron chi connectivity index (χ1n) is 8.78. The van der Waals surface area contributed by atoms with Crippen LogP contribution in [0.25, 0.3) is 22.0 Å². The predicted molar refractivity (Wildman–Crippen MR) is 102 cm³/mol. The zero-order valence-electron chi connectivity index (χ0n) is 14.7. The molecule has 0 bridgehead atoms. The molecule has 2 aromatic carbocycles. The number of hydrogen-bond donors (Lipinski definition) is 2. The van der Waals surface area contributed by atoms with E-state index in [1.54, 1.807) is 18.2 Å². The Bertz CT molecular complexity index is 1030. The van der Waals surface area contributed by atoms with E-state index >= 15 is 0 Å². The van der Waals surface area contributed by atoms with Crippen LogP contribution in [0.15, 0.2) is 36.4 Å². The molecule has 0 aliphatic carbocycles. The molecule has 1 aliphatic rings. The average molecular weight is 344 g/mol. The number of phenolic OH excluding ortho intramolecular Hbond substituents is 1. The molecular weight excluding hydrogens is 324 g/mol. The summed E-state index contributed by atoms with van der Waals surface area (Å²) in [5, 5.41) is 20.0. The second-order valence-corrected chi connectivity index (χ2v) is 6.71. The first kappa shape index (κ1) is 16.4. The number of anilines is 1. The van der Waals surface area contributed by atoms with Crippen molar-refractivity contribution in [3.05, 3.63) is 53.2 Å². The molecule has 5 heteroatoms. The van der Waals surface area contributed by atoms with Crippen LogP contribution in [-0.2, 0) is 13.1 Å². The number of nitrogens with two attached hydrogens (primary N) is 1. The van der Waals surface area contributed by atoms with Crippen LogP contribution in [0.2, 0.25) is 0 Å². The summed E-state index contributed by atoms with van der Waals surface area (Å²) in [5.74, 6) is 0.152. The van der Waals surface area contributed by atoms with Gasteiger partial charge in [-0.05, 0) is 42.8 Å². The van der Waals surface area contributed by atoms with Crippen molar-refractivity contribution < 1.29 is 5.11 Å². The fourth-order valence-electron chi connectivity index (χ4n) is 3.70. The topological polar surface area (TPSA) is 86.2 Å². The maximum Gasteiger partial charge on any atom is 0.127 e. The molecule has 0 radical (unpaired) electrons. The number of rotatable bonds is 3. The number of aromatic nitrogens is 1. The average Bonchev–Trinajstić information content (AvgIpc) is 3.05. The SMILES string of the molecule is CCCN1Cc2nc3c(-c4ccc(C#N)cc4)ccc(O)c3c(N)c2C1. The molecule has 0 spiro atoms.